The van der Waals surface area contributed by atoms with Crippen molar-refractivity contribution in [3.05, 3.63) is 78.4 Å². The average Bonchev–Trinajstić information content (AvgIpc) is 2.76. The van der Waals surface area contributed by atoms with Gasteiger partial charge in [0.15, 0.2) is 0 Å². The van der Waals surface area contributed by atoms with Crippen molar-refractivity contribution in [3.63, 3.8) is 0 Å². The maximum Gasteiger partial charge on any atom is 0.255 e. The van der Waals surface area contributed by atoms with Crippen molar-refractivity contribution in [1.29, 1.82) is 0 Å². The third-order valence-electron chi connectivity index (χ3n) is 4.63. The molecular weight excluding hydrogens is 360 g/mol. The van der Waals surface area contributed by atoms with E-state index in [1.54, 1.807) is 0 Å². The van der Waals surface area contributed by atoms with Crippen LogP contribution in [0.2, 0.25) is 0 Å². The number of rotatable bonds is 9. The lowest BCUT2D eigenvalue weighted by molar-refractivity contribution is 0.102. The largest absolute Gasteiger partial charge is 0.494 e. The van der Waals surface area contributed by atoms with Gasteiger partial charge in [-0.25, -0.2) is 0 Å². The summed E-state index contributed by atoms with van der Waals surface area (Å²) in [5, 5.41) is 6.32. The predicted octanol–water partition coefficient (Wildman–Crippen LogP) is 6.22. The molecular formula is C25H28N2O2. The van der Waals surface area contributed by atoms with Crippen LogP contribution in [-0.2, 0) is 0 Å². The van der Waals surface area contributed by atoms with Crippen LogP contribution in [0, 0.1) is 0 Å². The molecule has 0 aliphatic rings. The third kappa shape index (κ3) is 5.85. The molecule has 0 unspecified atom stereocenters. The second-order valence-electron chi connectivity index (χ2n) is 6.85. The molecule has 0 atom stereocenters. The van der Waals surface area contributed by atoms with E-state index in [0.29, 0.717) is 12.2 Å². The van der Waals surface area contributed by atoms with Crippen LogP contribution < -0.4 is 15.4 Å². The SMILES string of the molecule is CCCCNc1ccc(NC(=O)c2ccc(-c3cccc(OCC)c3)cc2)cc1. The van der Waals surface area contributed by atoms with Crippen molar-refractivity contribution >= 4 is 17.3 Å². The monoisotopic (exact) mass is 388 g/mol. The van der Waals surface area contributed by atoms with Gasteiger partial charge >= 0.3 is 0 Å². The maximum absolute atomic E-state index is 12.6. The molecule has 0 aromatic heterocycles. The van der Waals surface area contributed by atoms with E-state index < -0.39 is 0 Å². The number of carbonyl (C=O) groups excluding carboxylic acids is 1. The molecule has 3 aromatic rings. The van der Waals surface area contributed by atoms with Gasteiger partial charge in [-0.15, -0.1) is 0 Å². The number of amides is 1. The highest BCUT2D eigenvalue weighted by molar-refractivity contribution is 6.04. The molecule has 4 nitrogen and oxygen atoms in total. The second-order valence-corrected chi connectivity index (χ2v) is 6.85. The molecule has 0 spiro atoms. The van der Waals surface area contributed by atoms with Crippen molar-refractivity contribution in [2.75, 3.05) is 23.8 Å². The topological polar surface area (TPSA) is 50.4 Å². The number of carbonyl (C=O) groups is 1. The summed E-state index contributed by atoms with van der Waals surface area (Å²) in [6, 6.07) is 23.4. The Bertz CT molecular complexity index is 918. The summed E-state index contributed by atoms with van der Waals surface area (Å²) < 4.78 is 5.56. The number of ether oxygens (including phenoxy) is 1. The highest BCUT2D eigenvalue weighted by Crippen LogP contribution is 2.24. The summed E-state index contributed by atoms with van der Waals surface area (Å²) in [5.74, 6) is 0.728. The van der Waals surface area contributed by atoms with Gasteiger partial charge in [-0.1, -0.05) is 37.6 Å². The number of nitrogens with one attached hydrogen (secondary N) is 2. The summed E-state index contributed by atoms with van der Waals surface area (Å²) in [6.45, 7) is 5.74. The zero-order valence-electron chi connectivity index (χ0n) is 17.1. The van der Waals surface area contributed by atoms with Crippen LogP contribution in [0.3, 0.4) is 0 Å². The molecule has 3 aromatic carbocycles. The molecule has 0 fully saturated rings. The molecule has 0 radical (unpaired) electrons. The fourth-order valence-corrected chi connectivity index (χ4v) is 3.03. The highest BCUT2D eigenvalue weighted by atomic mass is 16.5. The van der Waals surface area contributed by atoms with Crippen molar-refractivity contribution in [3.8, 4) is 16.9 Å². The Morgan fingerprint density at radius 2 is 1.59 bits per heavy atom. The lowest BCUT2D eigenvalue weighted by Gasteiger charge is -2.09. The first-order chi connectivity index (χ1) is 14.2. The maximum atomic E-state index is 12.6. The molecule has 3 rings (SSSR count). The van der Waals surface area contributed by atoms with E-state index in [-0.39, 0.29) is 5.91 Å². The van der Waals surface area contributed by atoms with Crippen molar-refractivity contribution in [1.82, 2.24) is 0 Å². The minimum Gasteiger partial charge on any atom is -0.494 e. The van der Waals surface area contributed by atoms with Gasteiger partial charge in [0.1, 0.15) is 5.75 Å². The smallest absolute Gasteiger partial charge is 0.255 e. The van der Waals surface area contributed by atoms with Crippen molar-refractivity contribution in [2.24, 2.45) is 0 Å². The van der Waals surface area contributed by atoms with E-state index in [2.05, 4.69) is 17.6 Å². The van der Waals surface area contributed by atoms with Crippen LogP contribution >= 0.6 is 0 Å². The lowest BCUT2D eigenvalue weighted by Crippen LogP contribution is -2.11. The van der Waals surface area contributed by atoms with E-state index in [1.807, 2.05) is 79.7 Å². The van der Waals surface area contributed by atoms with Crippen LogP contribution in [0.25, 0.3) is 11.1 Å². The molecule has 0 heterocycles. The standard InChI is InChI=1S/C25H28N2O2/c1-3-5-17-26-22-13-15-23(16-14-22)27-25(28)20-11-9-19(10-12-20)21-7-6-8-24(18-21)29-4-2/h6-16,18,26H,3-5,17H2,1-2H3,(H,27,28). The molecule has 1 amide bonds. The highest BCUT2D eigenvalue weighted by Gasteiger charge is 2.07. The van der Waals surface area contributed by atoms with Gasteiger partial charge in [0.25, 0.3) is 5.91 Å². The van der Waals surface area contributed by atoms with Crippen LogP contribution in [-0.4, -0.2) is 19.1 Å². The van der Waals surface area contributed by atoms with Crippen LogP contribution in [0.4, 0.5) is 11.4 Å². The molecule has 0 saturated carbocycles. The van der Waals surface area contributed by atoms with Gasteiger partial charge in [-0.3, -0.25) is 4.79 Å². The number of benzene rings is 3. The van der Waals surface area contributed by atoms with Gasteiger partial charge in [0.05, 0.1) is 6.61 Å². The Morgan fingerprint density at radius 1 is 0.862 bits per heavy atom. The Balaban J connectivity index is 1.62. The molecule has 0 bridgehead atoms. The molecule has 0 aliphatic heterocycles. The summed E-state index contributed by atoms with van der Waals surface area (Å²) in [4.78, 5) is 12.6. The van der Waals surface area contributed by atoms with Crippen LogP contribution in [0.15, 0.2) is 72.8 Å². The van der Waals surface area contributed by atoms with Crippen LogP contribution in [0.5, 0.6) is 5.75 Å². The average molecular weight is 389 g/mol. The summed E-state index contributed by atoms with van der Waals surface area (Å²) in [7, 11) is 0. The molecule has 150 valence electrons. The first-order valence-electron chi connectivity index (χ1n) is 10.2. The first kappa shape index (κ1) is 20.5. The molecule has 29 heavy (non-hydrogen) atoms. The van der Waals surface area contributed by atoms with E-state index in [1.165, 1.54) is 0 Å². The van der Waals surface area contributed by atoms with Gasteiger partial charge < -0.3 is 15.4 Å². The Kier molecular flexibility index (Phi) is 7.28. The zero-order valence-corrected chi connectivity index (χ0v) is 17.1. The molecule has 2 N–H and O–H groups in total. The normalized spacial score (nSPS) is 10.4. The number of hydrogen-bond acceptors (Lipinski definition) is 3. The fraction of sp³-hybridized carbons (Fsp3) is 0.240. The fourth-order valence-electron chi connectivity index (χ4n) is 3.03. The van der Waals surface area contributed by atoms with Gasteiger partial charge in [0, 0.05) is 23.5 Å². The molecule has 4 heteroatoms. The van der Waals surface area contributed by atoms with E-state index in [4.69, 9.17) is 4.74 Å². The lowest BCUT2D eigenvalue weighted by atomic mass is 10.0. The summed E-state index contributed by atoms with van der Waals surface area (Å²) >= 11 is 0. The molecule has 0 saturated heterocycles. The predicted molar refractivity (Wildman–Crippen MR) is 121 cm³/mol. The van der Waals surface area contributed by atoms with Crippen molar-refractivity contribution < 1.29 is 9.53 Å². The minimum absolute atomic E-state index is 0.119. The minimum atomic E-state index is -0.119. The van der Waals surface area contributed by atoms with E-state index >= 15 is 0 Å². The number of hydrogen-bond donors (Lipinski definition) is 2. The second kappa shape index (κ2) is 10.3. The van der Waals surface area contributed by atoms with Gasteiger partial charge in [0.2, 0.25) is 0 Å². The van der Waals surface area contributed by atoms with Gasteiger partial charge in [-0.05, 0) is 73.0 Å². The number of anilines is 2. The quantitative estimate of drug-likeness (QED) is 0.428. The third-order valence-corrected chi connectivity index (χ3v) is 4.63. The Morgan fingerprint density at radius 3 is 2.28 bits per heavy atom. The zero-order chi connectivity index (χ0) is 20.5. The Labute approximate surface area is 172 Å². The summed E-state index contributed by atoms with van der Waals surface area (Å²) in [5.41, 5.74) is 4.58. The van der Waals surface area contributed by atoms with Crippen molar-refractivity contribution in [2.45, 2.75) is 26.7 Å². The summed E-state index contributed by atoms with van der Waals surface area (Å²) in [6.07, 6.45) is 2.31. The Hall–Kier alpha value is -3.27. The van der Waals surface area contributed by atoms with E-state index in [9.17, 15) is 4.79 Å². The van der Waals surface area contributed by atoms with Crippen LogP contribution in [0.1, 0.15) is 37.0 Å². The van der Waals surface area contributed by atoms with E-state index in [0.717, 1.165) is 47.6 Å². The molecule has 0 aliphatic carbocycles. The van der Waals surface area contributed by atoms with Gasteiger partial charge in [-0.2, -0.15) is 0 Å². The number of unbranched alkanes of at least 4 members (excludes halogenated alkanes) is 1. The first-order valence-corrected chi connectivity index (χ1v) is 10.2.